The van der Waals surface area contributed by atoms with Crippen molar-refractivity contribution >= 4 is 28.5 Å². The Morgan fingerprint density at radius 1 is 1.13 bits per heavy atom. The number of hydrogen-bond acceptors (Lipinski definition) is 8. The van der Waals surface area contributed by atoms with Crippen LogP contribution in [0, 0.1) is 0 Å². The molecule has 3 N–H and O–H groups in total. The van der Waals surface area contributed by atoms with Gasteiger partial charge in [-0.25, -0.2) is 14.8 Å². The van der Waals surface area contributed by atoms with Gasteiger partial charge in [0.1, 0.15) is 23.1 Å². The number of amides is 1. The minimum atomic E-state index is -0.519. The van der Waals surface area contributed by atoms with Crippen LogP contribution in [-0.4, -0.2) is 46.0 Å². The predicted molar refractivity (Wildman–Crippen MR) is 145 cm³/mol. The smallest absolute Gasteiger partial charge is 0.412 e. The molecule has 38 heavy (non-hydrogen) atoms. The summed E-state index contributed by atoms with van der Waals surface area (Å²) in [7, 11) is 1.67. The molecule has 0 unspecified atom stereocenters. The van der Waals surface area contributed by atoms with Crippen molar-refractivity contribution in [1.82, 2.24) is 25.1 Å². The number of nitrogens with one attached hydrogen (secondary N) is 1. The molecule has 1 saturated carbocycles. The molecule has 1 amide bonds. The molecule has 1 aliphatic heterocycles. The number of nitrogen functional groups attached to an aromatic ring is 1. The molecule has 2 aliphatic rings. The molecule has 6 rings (SSSR count). The normalized spacial score (nSPS) is 15.1. The van der Waals surface area contributed by atoms with Gasteiger partial charge in [0.25, 0.3) is 0 Å². The third-order valence-corrected chi connectivity index (χ3v) is 7.13. The molecule has 4 aromatic rings. The number of ether oxygens (including phenoxy) is 2. The number of carbonyl (C=O) groups excluding carboxylic acids is 1. The predicted octanol–water partition coefficient (Wildman–Crippen LogP) is 4.23. The minimum Gasteiger partial charge on any atom is -0.496 e. The van der Waals surface area contributed by atoms with E-state index in [4.69, 9.17) is 20.3 Å². The molecule has 10 nitrogen and oxygen atoms in total. The molecular formula is C28H31N7O3. The first-order chi connectivity index (χ1) is 18.6. The van der Waals surface area contributed by atoms with Crippen molar-refractivity contribution in [2.45, 2.75) is 44.7 Å². The van der Waals surface area contributed by atoms with E-state index < -0.39 is 6.09 Å². The maximum absolute atomic E-state index is 12.7. The van der Waals surface area contributed by atoms with Crippen LogP contribution in [0.2, 0.25) is 0 Å². The molecule has 3 aromatic heterocycles. The van der Waals surface area contributed by atoms with E-state index >= 15 is 0 Å². The Morgan fingerprint density at radius 3 is 2.76 bits per heavy atom. The summed E-state index contributed by atoms with van der Waals surface area (Å²) in [6.45, 7) is 2.84. The van der Waals surface area contributed by atoms with Gasteiger partial charge in [0.05, 0.1) is 19.9 Å². The number of anilines is 2. The second-order valence-electron chi connectivity index (χ2n) is 9.89. The Kier molecular flexibility index (Phi) is 6.45. The minimum absolute atomic E-state index is 0.316. The number of nitrogens with two attached hydrogens (primary N) is 1. The summed E-state index contributed by atoms with van der Waals surface area (Å²) >= 11 is 0. The van der Waals surface area contributed by atoms with Gasteiger partial charge in [-0.1, -0.05) is 12.1 Å². The fourth-order valence-electron chi connectivity index (χ4n) is 4.95. The summed E-state index contributed by atoms with van der Waals surface area (Å²) in [5.41, 5.74) is 8.61. The first-order valence-corrected chi connectivity index (χ1v) is 13.0. The molecule has 2 fully saturated rings. The summed E-state index contributed by atoms with van der Waals surface area (Å²) < 4.78 is 13.2. The van der Waals surface area contributed by atoms with Crippen LogP contribution in [-0.2, 0) is 13.1 Å². The molecular weight excluding hydrogens is 482 g/mol. The lowest BCUT2D eigenvalue weighted by molar-refractivity contribution is 0.199. The molecule has 1 aromatic carbocycles. The maximum Gasteiger partial charge on any atom is 0.412 e. The Bertz CT molecular complexity index is 1470. The SMILES string of the molecule is COc1cc(N2CCCC2)ncc1Cn1cc(OC(=O)NCc2ccc3c(N)nccc3c2)c(C2CC2)n1. The molecule has 0 bridgehead atoms. The van der Waals surface area contributed by atoms with Crippen LogP contribution in [0.15, 0.2) is 48.9 Å². The number of nitrogens with zero attached hydrogens (tertiary/aromatic N) is 5. The van der Waals surface area contributed by atoms with E-state index in [1.807, 2.05) is 36.5 Å². The van der Waals surface area contributed by atoms with Crippen molar-refractivity contribution < 1.29 is 14.3 Å². The van der Waals surface area contributed by atoms with E-state index in [1.165, 1.54) is 12.8 Å². The number of methoxy groups -OCH3 is 1. The van der Waals surface area contributed by atoms with E-state index in [2.05, 4.69) is 20.2 Å². The molecule has 0 atom stereocenters. The molecule has 196 valence electrons. The average molecular weight is 514 g/mol. The van der Waals surface area contributed by atoms with Crippen LogP contribution in [0.3, 0.4) is 0 Å². The van der Waals surface area contributed by atoms with E-state index in [0.717, 1.165) is 65.1 Å². The Labute approximate surface area is 220 Å². The van der Waals surface area contributed by atoms with Crippen LogP contribution in [0.4, 0.5) is 16.4 Å². The molecule has 0 radical (unpaired) electrons. The first kappa shape index (κ1) is 24.0. The maximum atomic E-state index is 12.7. The summed E-state index contributed by atoms with van der Waals surface area (Å²) in [6, 6.07) is 9.71. The van der Waals surface area contributed by atoms with Crippen molar-refractivity contribution in [3.63, 3.8) is 0 Å². The van der Waals surface area contributed by atoms with Crippen molar-refractivity contribution in [2.24, 2.45) is 0 Å². The van der Waals surface area contributed by atoms with Crippen LogP contribution in [0.1, 0.15) is 48.4 Å². The standard InChI is InChI=1S/C28H31N7O3/c1-37-23-13-25(34-10-2-3-11-34)31-15-21(23)16-35-17-24(26(33-35)19-5-6-19)38-28(36)32-14-18-4-7-22-20(12-18)8-9-30-27(22)29/h4,7-9,12-13,15,17,19H,2-3,5-6,10-11,14,16H2,1H3,(H2,29,30)(H,32,36). The molecule has 4 heterocycles. The van der Waals surface area contributed by atoms with Gasteiger partial charge in [0, 0.05) is 55.0 Å². The zero-order valence-electron chi connectivity index (χ0n) is 21.4. The highest BCUT2D eigenvalue weighted by Crippen LogP contribution is 2.43. The van der Waals surface area contributed by atoms with Gasteiger partial charge in [-0.05, 0) is 48.8 Å². The van der Waals surface area contributed by atoms with E-state index in [9.17, 15) is 4.79 Å². The zero-order chi connectivity index (χ0) is 26.1. The Morgan fingerprint density at radius 2 is 1.97 bits per heavy atom. The molecule has 10 heteroatoms. The number of aromatic nitrogens is 4. The number of benzene rings is 1. The van der Waals surface area contributed by atoms with E-state index in [-0.39, 0.29) is 0 Å². The second-order valence-corrected chi connectivity index (χ2v) is 9.89. The van der Waals surface area contributed by atoms with Crippen molar-refractivity contribution in [2.75, 3.05) is 30.8 Å². The van der Waals surface area contributed by atoms with Crippen molar-refractivity contribution in [1.29, 1.82) is 0 Å². The number of carbonyl (C=O) groups is 1. The Hall–Kier alpha value is -4.34. The van der Waals surface area contributed by atoms with E-state index in [1.54, 1.807) is 24.2 Å². The zero-order valence-corrected chi connectivity index (χ0v) is 21.4. The van der Waals surface area contributed by atoms with Crippen LogP contribution in [0.25, 0.3) is 10.8 Å². The molecule has 1 aliphatic carbocycles. The quantitative estimate of drug-likeness (QED) is 0.359. The fraction of sp³-hybridized carbons (Fsp3) is 0.357. The van der Waals surface area contributed by atoms with Crippen molar-refractivity contribution in [3.8, 4) is 11.5 Å². The van der Waals surface area contributed by atoms with E-state index in [0.29, 0.717) is 30.6 Å². The van der Waals surface area contributed by atoms with Gasteiger partial charge in [-0.15, -0.1) is 0 Å². The average Bonchev–Trinajstić information content (AvgIpc) is 3.47. The number of hydrogen-bond donors (Lipinski definition) is 2. The van der Waals surface area contributed by atoms with Crippen LogP contribution < -0.4 is 25.4 Å². The topological polar surface area (TPSA) is 120 Å². The monoisotopic (exact) mass is 513 g/mol. The highest BCUT2D eigenvalue weighted by molar-refractivity contribution is 5.91. The number of rotatable bonds is 8. The van der Waals surface area contributed by atoms with Gasteiger partial charge >= 0.3 is 6.09 Å². The van der Waals surface area contributed by atoms with Crippen LogP contribution in [0.5, 0.6) is 11.5 Å². The van der Waals surface area contributed by atoms with Crippen molar-refractivity contribution in [3.05, 3.63) is 65.7 Å². The molecule has 1 saturated heterocycles. The van der Waals surface area contributed by atoms with Gasteiger partial charge < -0.3 is 25.4 Å². The lowest BCUT2D eigenvalue weighted by atomic mass is 10.1. The third kappa shape index (κ3) is 5.06. The second kappa shape index (κ2) is 10.2. The van der Waals surface area contributed by atoms with Gasteiger partial charge in [0.15, 0.2) is 5.75 Å². The third-order valence-electron chi connectivity index (χ3n) is 7.13. The number of fused-ring (bicyclic) bond motifs is 1. The first-order valence-electron chi connectivity index (χ1n) is 13.0. The highest BCUT2D eigenvalue weighted by Gasteiger charge is 2.31. The number of pyridine rings is 2. The lowest BCUT2D eigenvalue weighted by Crippen LogP contribution is -2.26. The fourth-order valence-corrected chi connectivity index (χ4v) is 4.95. The highest BCUT2D eigenvalue weighted by atomic mass is 16.6. The lowest BCUT2D eigenvalue weighted by Gasteiger charge is -2.18. The Balaban J connectivity index is 1.14. The van der Waals surface area contributed by atoms with Gasteiger partial charge in [-0.3, -0.25) is 4.68 Å². The summed E-state index contributed by atoms with van der Waals surface area (Å²) in [4.78, 5) is 23.8. The van der Waals surface area contributed by atoms with Gasteiger partial charge in [-0.2, -0.15) is 5.10 Å². The summed E-state index contributed by atoms with van der Waals surface area (Å²) in [5, 5.41) is 9.46. The van der Waals surface area contributed by atoms with Crippen LogP contribution >= 0.6 is 0 Å². The summed E-state index contributed by atoms with van der Waals surface area (Å²) in [5.74, 6) is 3.01. The van der Waals surface area contributed by atoms with Gasteiger partial charge in [0.2, 0.25) is 0 Å². The molecule has 0 spiro atoms. The summed E-state index contributed by atoms with van der Waals surface area (Å²) in [6.07, 6.45) is 9.25. The largest absolute Gasteiger partial charge is 0.496 e.